The lowest BCUT2D eigenvalue weighted by Crippen LogP contribution is -2.51. The summed E-state index contributed by atoms with van der Waals surface area (Å²) in [5, 5.41) is 0. The van der Waals surface area contributed by atoms with Crippen molar-refractivity contribution in [1.29, 1.82) is 0 Å². The molecule has 0 radical (unpaired) electrons. The number of hydrogen-bond acceptors (Lipinski definition) is 4. The number of ether oxygens (including phenoxy) is 1. The summed E-state index contributed by atoms with van der Waals surface area (Å²) in [6.45, 7) is 8.59. The monoisotopic (exact) mass is 471 g/mol. The summed E-state index contributed by atoms with van der Waals surface area (Å²) < 4.78 is 20.2. The maximum absolute atomic E-state index is 13.0. The van der Waals surface area contributed by atoms with E-state index in [1.165, 1.54) is 5.57 Å². The second-order valence-corrected chi connectivity index (χ2v) is 10.1. The van der Waals surface area contributed by atoms with Crippen LogP contribution in [-0.4, -0.2) is 57.9 Å². The van der Waals surface area contributed by atoms with Crippen molar-refractivity contribution in [3.63, 3.8) is 0 Å². The molecule has 0 aromatic heterocycles. The lowest BCUT2D eigenvalue weighted by atomic mass is 9.73. The van der Waals surface area contributed by atoms with Crippen LogP contribution in [0, 0.1) is 5.41 Å². The van der Waals surface area contributed by atoms with Crippen LogP contribution < -0.4 is 5.73 Å². The molecule has 180 valence electrons. The molecule has 7 heteroatoms. The van der Waals surface area contributed by atoms with Crippen LogP contribution in [0.1, 0.15) is 38.2 Å². The Hall–Kier alpha value is -2.22. The molecule has 6 nitrogen and oxygen atoms in total. The average molecular weight is 472 g/mol. The van der Waals surface area contributed by atoms with Gasteiger partial charge < -0.3 is 15.4 Å². The summed E-state index contributed by atoms with van der Waals surface area (Å²) in [6, 6.07) is 9.20. The van der Waals surface area contributed by atoms with E-state index in [0.717, 1.165) is 43.5 Å². The van der Waals surface area contributed by atoms with Gasteiger partial charge in [0.2, 0.25) is 5.91 Å². The summed E-state index contributed by atoms with van der Waals surface area (Å²) >= 11 is 0. The number of nitrogens with two attached hydrogens (primary N) is 1. The minimum Gasteiger partial charge on any atom is -0.375 e. The number of benzene rings is 1. The van der Waals surface area contributed by atoms with Crippen molar-refractivity contribution >= 4 is 16.9 Å². The first kappa shape index (κ1) is 25.4. The zero-order valence-corrected chi connectivity index (χ0v) is 20.7. The van der Waals surface area contributed by atoms with Crippen LogP contribution in [0.3, 0.4) is 0 Å². The molecule has 2 N–H and O–H groups in total. The zero-order valence-electron chi connectivity index (χ0n) is 19.9. The van der Waals surface area contributed by atoms with Gasteiger partial charge in [-0.25, -0.2) is 4.21 Å². The molecule has 2 aliphatic heterocycles. The molecule has 2 unspecified atom stereocenters. The summed E-state index contributed by atoms with van der Waals surface area (Å²) in [4.78, 5) is 14.8. The number of amides is 1. The Morgan fingerprint density at radius 1 is 1.30 bits per heavy atom. The molecule has 2 heterocycles. The van der Waals surface area contributed by atoms with Crippen molar-refractivity contribution in [2.24, 2.45) is 11.1 Å². The molecule has 2 atom stereocenters. The fourth-order valence-electron chi connectivity index (χ4n) is 4.83. The maximum Gasteiger partial charge on any atom is 0.241 e. The van der Waals surface area contributed by atoms with Gasteiger partial charge in [-0.05, 0) is 36.8 Å². The zero-order chi connectivity index (χ0) is 23.8. The minimum atomic E-state index is -1.07. The molecule has 0 aliphatic carbocycles. The third-order valence-electron chi connectivity index (χ3n) is 6.62. The van der Waals surface area contributed by atoms with Crippen LogP contribution in [0.25, 0.3) is 0 Å². The van der Waals surface area contributed by atoms with E-state index >= 15 is 0 Å². The van der Waals surface area contributed by atoms with Gasteiger partial charge in [0, 0.05) is 37.0 Å². The van der Waals surface area contributed by atoms with E-state index in [4.69, 9.17) is 10.5 Å². The highest BCUT2D eigenvalue weighted by Gasteiger charge is 2.46. The molecule has 1 saturated heterocycles. The Morgan fingerprint density at radius 2 is 2.00 bits per heavy atom. The highest BCUT2D eigenvalue weighted by molar-refractivity contribution is 7.82. The van der Waals surface area contributed by atoms with Crippen molar-refractivity contribution in [3.8, 4) is 0 Å². The first-order valence-electron chi connectivity index (χ1n) is 11.7. The maximum atomic E-state index is 13.0. The summed E-state index contributed by atoms with van der Waals surface area (Å²) in [7, 11) is -1.07. The molecule has 0 bridgehead atoms. The van der Waals surface area contributed by atoms with Crippen LogP contribution in [0.15, 0.2) is 66.4 Å². The lowest BCUT2D eigenvalue weighted by molar-refractivity contribution is -0.136. The number of rotatable bonds is 10. The lowest BCUT2D eigenvalue weighted by Gasteiger charge is -2.41. The number of carbonyl (C=O) groups excluding carboxylic acids is 1. The number of hydrogen-bond donors (Lipinski definition) is 1. The van der Waals surface area contributed by atoms with Gasteiger partial charge in [0.25, 0.3) is 0 Å². The topological polar surface area (TPSA) is 75.9 Å². The van der Waals surface area contributed by atoms with Crippen LogP contribution in [-0.2, 0) is 27.1 Å². The largest absolute Gasteiger partial charge is 0.375 e. The molecule has 1 aromatic rings. The van der Waals surface area contributed by atoms with Crippen molar-refractivity contribution in [2.45, 2.75) is 45.3 Å². The number of piperidine rings is 1. The van der Waals surface area contributed by atoms with Gasteiger partial charge in [0.05, 0.1) is 13.2 Å². The van der Waals surface area contributed by atoms with Gasteiger partial charge in [0.1, 0.15) is 17.0 Å². The summed E-state index contributed by atoms with van der Waals surface area (Å²) in [6.07, 6.45) is 11.2. The van der Waals surface area contributed by atoms with Crippen molar-refractivity contribution in [2.75, 3.05) is 32.5 Å². The molecule has 3 rings (SSSR count). The summed E-state index contributed by atoms with van der Waals surface area (Å²) in [5.74, 6) is -0.0599. The van der Waals surface area contributed by atoms with Crippen LogP contribution >= 0.6 is 0 Å². The molecule has 1 amide bonds. The molecule has 33 heavy (non-hydrogen) atoms. The van der Waals surface area contributed by atoms with E-state index in [1.807, 2.05) is 45.6 Å². The Balaban J connectivity index is 1.62. The highest BCUT2D eigenvalue weighted by Crippen LogP contribution is 2.48. The van der Waals surface area contributed by atoms with Gasteiger partial charge in [-0.3, -0.25) is 9.10 Å². The summed E-state index contributed by atoms with van der Waals surface area (Å²) in [5.41, 5.74) is 9.58. The van der Waals surface area contributed by atoms with E-state index in [2.05, 4.69) is 25.7 Å². The minimum absolute atomic E-state index is 0.0599. The van der Waals surface area contributed by atoms with Gasteiger partial charge >= 0.3 is 0 Å². The Morgan fingerprint density at radius 3 is 2.61 bits per heavy atom. The second kappa shape index (κ2) is 11.8. The van der Waals surface area contributed by atoms with E-state index < -0.39 is 17.0 Å². The smallest absolute Gasteiger partial charge is 0.241 e. The van der Waals surface area contributed by atoms with E-state index in [0.29, 0.717) is 19.7 Å². The van der Waals surface area contributed by atoms with Gasteiger partial charge in [0.15, 0.2) is 0 Å². The third-order valence-corrected chi connectivity index (χ3v) is 7.59. The van der Waals surface area contributed by atoms with Crippen LogP contribution in [0.5, 0.6) is 0 Å². The predicted octanol–water partition coefficient (Wildman–Crippen LogP) is 3.54. The molecular formula is C26H37N3O3S. The van der Waals surface area contributed by atoms with Crippen LogP contribution in [0.4, 0.5) is 0 Å². The third kappa shape index (κ3) is 6.02. The standard InChI is InChI=1S/C26H37N3O3S/c1-4-6-8-13-22-24(5-2)29(33(3)31)20-26(22)14-16-28(17-15-26)25(30)23(27)19-32-18-21-11-9-7-10-12-21/h4,7-13,23H,1,5-6,14-20,27H2,2-3H3/b13-8-. The molecule has 1 fully saturated rings. The van der Waals surface area contributed by atoms with Gasteiger partial charge in [-0.2, -0.15) is 0 Å². The van der Waals surface area contributed by atoms with Crippen LogP contribution in [0.2, 0.25) is 0 Å². The van der Waals surface area contributed by atoms with Gasteiger partial charge in [-0.1, -0.05) is 55.5 Å². The SMILES string of the molecule is C=CC/C=C\C1=C(CC)N(S(C)=O)CC12CCN(C(=O)C(N)COCc1ccccc1)CC2. The van der Waals surface area contributed by atoms with E-state index in [9.17, 15) is 9.00 Å². The first-order chi connectivity index (χ1) is 15.9. The number of nitrogens with zero attached hydrogens (tertiary/aromatic N) is 2. The fourth-order valence-corrected chi connectivity index (χ4v) is 5.80. The van der Waals surface area contributed by atoms with Crippen molar-refractivity contribution < 1.29 is 13.7 Å². The number of allylic oxidation sites excluding steroid dienone is 4. The normalized spacial score (nSPS) is 20.0. The van der Waals surface area contributed by atoms with E-state index in [1.54, 1.807) is 6.26 Å². The predicted molar refractivity (Wildman–Crippen MR) is 134 cm³/mol. The molecular weight excluding hydrogens is 434 g/mol. The first-order valence-corrected chi connectivity index (χ1v) is 13.2. The number of likely N-dealkylation sites (tertiary alicyclic amines) is 1. The fraction of sp³-hybridized carbons (Fsp3) is 0.500. The quantitative estimate of drug-likeness (QED) is 0.530. The second-order valence-electron chi connectivity index (χ2n) is 8.81. The molecule has 1 spiro atoms. The van der Waals surface area contributed by atoms with E-state index in [-0.39, 0.29) is 17.9 Å². The highest BCUT2D eigenvalue weighted by atomic mass is 32.2. The molecule has 2 aliphatic rings. The molecule has 0 saturated carbocycles. The Kier molecular flexibility index (Phi) is 9.06. The Bertz CT molecular complexity index is 905. The molecule has 1 aromatic carbocycles. The van der Waals surface area contributed by atoms with Crippen molar-refractivity contribution in [1.82, 2.24) is 9.21 Å². The number of carbonyl (C=O) groups is 1. The van der Waals surface area contributed by atoms with Crippen molar-refractivity contribution in [3.05, 3.63) is 72.0 Å². The average Bonchev–Trinajstić information content (AvgIpc) is 3.13. The Labute approximate surface area is 200 Å². The van der Waals surface area contributed by atoms with Gasteiger partial charge in [-0.15, -0.1) is 6.58 Å².